The number of amides is 4. The number of rotatable bonds is 36. The molecule has 0 radical (unpaired) electrons. The van der Waals surface area contributed by atoms with Crippen LogP contribution in [0.4, 0.5) is 0 Å². The lowest BCUT2D eigenvalue weighted by Gasteiger charge is -2.37. The van der Waals surface area contributed by atoms with Gasteiger partial charge in [-0.25, -0.2) is 0 Å². The molecule has 22 nitrogen and oxygen atoms in total. The van der Waals surface area contributed by atoms with Crippen LogP contribution in [0.1, 0.15) is 65.2 Å². The van der Waals surface area contributed by atoms with E-state index in [1.165, 1.54) is 0 Å². The third-order valence-electron chi connectivity index (χ3n) is 11.6. The molecule has 7 N–H and O–H groups in total. The highest BCUT2D eigenvalue weighted by Gasteiger charge is 2.33. The molecule has 25 heteroatoms. The number of nitrogens with zero attached hydrogens (tertiary/aromatic N) is 5. The molecule has 372 valence electrons. The zero-order chi connectivity index (χ0) is 48.8. The smallest absolute Gasteiger partial charge is 0.316 e. The Balaban J connectivity index is 4.67. The predicted molar refractivity (Wildman–Crippen MR) is 241 cm³/mol. The fraction of sp³-hybridized carbons (Fsp3) is 0.895. The molecule has 0 heterocycles. The highest BCUT2D eigenvalue weighted by atomic mass is 32.2. The Bertz CT molecular complexity index is 1680. The highest BCUT2D eigenvalue weighted by Crippen LogP contribution is 2.11. The number of unbranched alkanes of at least 4 members (excludes halogenated alkanes) is 2. The number of carbonyl (C=O) groups is 4. The summed E-state index contributed by atoms with van der Waals surface area (Å²) in [7, 11) is 0.242. The molecule has 63 heavy (non-hydrogen) atoms. The van der Waals surface area contributed by atoms with Crippen molar-refractivity contribution in [2.45, 2.75) is 65.2 Å². The number of carbonyl (C=O) groups excluding carboxylic acids is 4. The molecule has 2 atom stereocenters. The molecule has 0 aromatic carbocycles. The average molecular weight is 971 g/mol. The summed E-state index contributed by atoms with van der Waals surface area (Å²) >= 11 is 0. The van der Waals surface area contributed by atoms with E-state index in [0.29, 0.717) is 73.9 Å². The lowest BCUT2D eigenvalue weighted by molar-refractivity contribution is -0.948. The van der Waals surface area contributed by atoms with E-state index in [-0.39, 0.29) is 102 Å². The molecular formula is C38H84N9O13S3+5. The molecule has 0 spiro atoms. The van der Waals surface area contributed by atoms with E-state index in [1.807, 2.05) is 42.0 Å². The fourth-order valence-corrected chi connectivity index (χ4v) is 9.74. The zero-order valence-electron chi connectivity index (χ0n) is 39.6. The second kappa shape index (κ2) is 27.1. The van der Waals surface area contributed by atoms with Crippen molar-refractivity contribution < 1.29 is 80.5 Å². The first kappa shape index (κ1) is 60.4. The minimum absolute atomic E-state index is 0.0368. The summed E-state index contributed by atoms with van der Waals surface area (Å²) in [6.07, 6.45) is 2.19. The second-order valence-corrected chi connectivity index (χ2v) is 23.4. The summed E-state index contributed by atoms with van der Waals surface area (Å²) in [5, 5.41) is 11.0. The number of likely N-dealkylation sites (N-methyl/N-ethyl adjacent to an activating group) is 5. The molecule has 0 saturated heterocycles. The Morgan fingerprint density at radius 3 is 0.778 bits per heavy atom. The quantitative estimate of drug-likeness (QED) is 0.0218. The van der Waals surface area contributed by atoms with Gasteiger partial charge in [0.25, 0.3) is 0 Å². The summed E-state index contributed by atoms with van der Waals surface area (Å²) in [6, 6.07) is 0. The topological polar surface area (TPSA) is 280 Å². The maximum absolute atomic E-state index is 12.5. The first-order chi connectivity index (χ1) is 28.6. The SMILES string of the molecule is CC[N+](C)(C)CC[N+](C)(CCNC(=O)CCCCC(=O)NCC[N+](C)(CCNC(=O)CCCCC(=O)NCC[N+](C)(CC[N+](C)(C)CC)CS(=O)(=O)O)CS(=O)(=O)O)CS(=O)(=O)O. The van der Waals surface area contributed by atoms with Crippen molar-refractivity contribution >= 4 is 54.0 Å². The summed E-state index contributed by atoms with van der Waals surface area (Å²) < 4.78 is 100. The van der Waals surface area contributed by atoms with E-state index in [2.05, 4.69) is 21.3 Å². The fourth-order valence-electron chi connectivity index (χ4n) is 6.60. The van der Waals surface area contributed by atoms with Crippen LogP contribution in [0.3, 0.4) is 0 Å². The van der Waals surface area contributed by atoms with Gasteiger partial charge in [0.15, 0.2) is 0 Å². The van der Waals surface area contributed by atoms with Gasteiger partial charge in [-0.1, -0.05) is 0 Å². The van der Waals surface area contributed by atoms with Crippen LogP contribution >= 0.6 is 0 Å². The standard InChI is InChI=1S/C38H79N9O13S3/c1-10-43(3,4)28-30-46(8,33-62(55,56)57)26-22-41-37(50)18-14-12-16-35(48)39-20-24-45(7,32-61(52,53)54)25-21-40-36(49)17-13-15-19-38(51)42-23-27-47(9,34-63(58,59)60)31-29-44(5,6)11-2/h10-34H2,1-9H3,(H2-5,39,40,41,42,48,49,50,51,52,53,54,55,56,57,58,59,60)/p+5. The Labute approximate surface area is 378 Å². The average Bonchev–Trinajstić information content (AvgIpc) is 3.11. The second-order valence-electron chi connectivity index (χ2n) is 19.1. The molecule has 0 aliphatic rings. The molecule has 0 aromatic rings. The summed E-state index contributed by atoms with van der Waals surface area (Å²) in [5.74, 6) is -2.68. The van der Waals surface area contributed by atoms with Crippen LogP contribution in [0.5, 0.6) is 0 Å². The van der Waals surface area contributed by atoms with Crippen molar-refractivity contribution in [2.24, 2.45) is 0 Å². The molecular weight excluding hydrogens is 887 g/mol. The van der Waals surface area contributed by atoms with Crippen molar-refractivity contribution in [3.63, 3.8) is 0 Å². The third-order valence-corrected chi connectivity index (χ3v) is 14.5. The minimum Gasteiger partial charge on any atom is -0.350 e. The Morgan fingerprint density at radius 1 is 0.381 bits per heavy atom. The van der Waals surface area contributed by atoms with Gasteiger partial charge in [-0.3, -0.25) is 32.8 Å². The normalized spacial score (nSPS) is 15.7. The van der Waals surface area contributed by atoms with Gasteiger partial charge in [-0.2, -0.15) is 25.3 Å². The van der Waals surface area contributed by atoms with Crippen molar-refractivity contribution in [2.75, 3.05) is 159 Å². The molecule has 0 aliphatic carbocycles. The molecule has 0 rings (SSSR count). The lowest BCUT2D eigenvalue weighted by atomic mass is 10.2. The maximum atomic E-state index is 12.5. The van der Waals surface area contributed by atoms with Gasteiger partial charge in [-0.15, -0.1) is 0 Å². The predicted octanol–water partition coefficient (Wildman–Crippen LogP) is -1.36. The number of hydrogen-bond donors (Lipinski definition) is 7. The van der Waals surface area contributed by atoms with Crippen molar-refractivity contribution in [1.29, 1.82) is 0 Å². The van der Waals surface area contributed by atoms with E-state index in [1.54, 1.807) is 21.1 Å². The minimum atomic E-state index is -4.41. The molecule has 0 aliphatic heterocycles. The lowest BCUT2D eigenvalue weighted by Crippen LogP contribution is -2.56. The van der Waals surface area contributed by atoms with Crippen LogP contribution in [-0.4, -0.2) is 244 Å². The van der Waals surface area contributed by atoms with Gasteiger partial charge in [0.2, 0.25) is 41.3 Å². The van der Waals surface area contributed by atoms with Crippen molar-refractivity contribution in [3.05, 3.63) is 0 Å². The Morgan fingerprint density at radius 2 is 0.587 bits per heavy atom. The summed E-state index contributed by atoms with van der Waals surface area (Å²) in [4.78, 5) is 49.9. The largest absolute Gasteiger partial charge is 0.350 e. The van der Waals surface area contributed by atoms with E-state index in [4.69, 9.17) is 0 Å². The van der Waals surface area contributed by atoms with E-state index < -0.39 is 48.0 Å². The first-order valence-corrected chi connectivity index (χ1v) is 26.5. The van der Waals surface area contributed by atoms with Crippen molar-refractivity contribution in [1.82, 2.24) is 21.3 Å². The van der Waals surface area contributed by atoms with E-state index in [0.717, 1.165) is 13.1 Å². The van der Waals surface area contributed by atoms with Gasteiger partial charge in [0.05, 0.1) is 115 Å². The molecule has 2 unspecified atom stereocenters. The van der Waals surface area contributed by atoms with Gasteiger partial charge >= 0.3 is 30.4 Å². The van der Waals surface area contributed by atoms with Gasteiger partial charge in [0.1, 0.15) is 26.2 Å². The van der Waals surface area contributed by atoms with Gasteiger partial charge in [-0.05, 0) is 39.5 Å². The van der Waals surface area contributed by atoms with Crippen LogP contribution in [-0.2, 0) is 49.5 Å². The third kappa shape index (κ3) is 32.7. The van der Waals surface area contributed by atoms with E-state index >= 15 is 0 Å². The zero-order valence-corrected chi connectivity index (χ0v) is 42.0. The van der Waals surface area contributed by atoms with Crippen LogP contribution in [0, 0.1) is 0 Å². The van der Waals surface area contributed by atoms with Crippen LogP contribution < -0.4 is 21.3 Å². The first-order valence-electron chi connectivity index (χ1n) is 21.7. The number of quaternary nitrogens is 5. The van der Waals surface area contributed by atoms with Gasteiger partial charge < -0.3 is 43.7 Å². The molecule has 0 aromatic heterocycles. The van der Waals surface area contributed by atoms with Gasteiger partial charge in [0, 0.05) is 25.7 Å². The summed E-state index contributed by atoms with van der Waals surface area (Å²) in [6.45, 7) is 9.53. The monoisotopic (exact) mass is 971 g/mol. The van der Waals surface area contributed by atoms with Crippen LogP contribution in [0.2, 0.25) is 0 Å². The summed E-state index contributed by atoms with van der Waals surface area (Å²) in [5.41, 5.74) is 0. The molecule has 0 bridgehead atoms. The Hall–Kier alpha value is -2.59. The number of nitrogens with one attached hydrogen (secondary N) is 4. The van der Waals surface area contributed by atoms with Crippen molar-refractivity contribution in [3.8, 4) is 0 Å². The van der Waals surface area contributed by atoms with E-state index in [9.17, 15) is 58.1 Å². The molecule has 0 saturated carbocycles. The highest BCUT2D eigenvalue weighted by molar-refractivity contribution is 7.86. The van der Waals surface area contributed by atoms with Crippen LogP contribution in [0.25, 0.3) is 0 Å². The molecule has 0 fully saturated rings. The maximum Gasteiger partial charge on any atom is 0.316 e. The number of hydrogen-bond acceptors (Lipinski definition) is 10. The van der Waals surface area contributed by atoms with Crippen LogP contribution in [0.15, 0.2) is 0 Å². The Kier molecular flexibility index (Phi) is 26.0. The molecule has 4 amide bonds.